The van der Waals surface area contributed by atoms with Crippen molar-refractivity contribution in [1.29, 1.82) is 0 Å². The molecule has 0 radical (unpaired) electrons. The third-order valence-corrected chi connectivity index (χ3v) is 2.81. The van der Waals surface area contributed by atoms with E-state index in [1.54, 1.807) is 0 Å². The zero-order valence-corrected chi connectivity index (χ0v) is 8.64. The molecule has 72 valence electrons. The maximum absolute atomic E-state index is 3.28. The minimum absolute atomic E-state index is 0.665. The molecule has 12 heavy (non-hydrogen) atoms. The van der Waals surface area contributed by atoms with E-state index < -0.39 is 0 Å². The van der Waals surface area contributed by atoms with Gasteiger partial charge in [-0.25, -0.2) is 0 Å². The van der Waals surface area contributed by atoms with Gasteiger partial charge in [-0.3, -0.25) is 0 Å². The van der Waals surface area contributed by atoms with Gasteiger partial charge in [0, 0.05) is 12.1 Å². The molecule has 0 aromatic heterocycles. The van der Waals surface area contributed by atoms with Crippen LogP contribution in [0.15, 0.2) is 0 Å². The number of hydrogen-bond acceptors (Lipinski definition) is 2. The zero-order valence-electron chi connectivity index (χ0n) is 8.64. The lowest BCUT2D eigenvalue weighted by Crippen LogP contribution is -2.32. The molecule has 0 amide bonds. The van der Waals surface area contributed by atoms with Crippen LogP contribution in [0.5, 0.6) is 0 Å². The highest BCUT2D eigenvalue weighted by atomic mass is 15.2. The molecule has 1 saturated carbocycles. The molecule has 1 unspecified atom stereocenters. The smallest absolute Gasteiger partial charge is 0.00963 e. The van der Waals surface area contributed by atoms with Gasteiger partial charge in [0.15, 0.2) is 0 Å². The fraction of sp³-hybridized carbons (Fsp3) is 1.00. The molecule has 1 atom stereocenters. The van der Waals surface area contributed by atoms with Crippen LogP contribution in [-0.2, 0) is 0 Å². The van der Waals surface area contributed by atoms with Crippen LogP contribution in [0, 0.1) is 0 Å². The molecule has 1 rings (SSSR count). The lowest BCUT2D eigenvalue weighted by Gasteiger charge is -2.21. The van der Waals surface area contributed by atoms with E-state index in [1.807, 2.05) is 7.05 Å². The summed E-state index contributed by atoms with van der Waals surface area (Å²) in [6.45, 7) is 7.01. The average molecular weight is 170 g/mol. The minimum Gasteiger partial charge on any atom is -0.317 e. The van der Waals surface area contributed by atoms with Gasteiger partial charge in [-0.2, -0.15) is 0 Å². The molecule has 0 spiro atoms. The standard InChI is InChI=1S/C10H22N2/c1-4-12(10-5-6-10)8-7-9(2)11-3/h9-11H,4-8H2,1-3H3. The molecule has 0 aromatic rings. The Labute approximate surface area is 76.3 Å². The fourth-order valence-electron chi connectivity index (χ4n) is 1.54. The molecule has 2 nitrogen and oxygen atoms in total. The van der Waals surface area contributed by atoms with Crippen molar-refractivity contribution in [3.8, 4) is 0 Å². The first-order valence-corrected chi connectivity index (χ1v) is 5.19. The van der Waals surface area contributed by atoms with Crippen molar-refractivity contribution in [2.45, 2.75) is 45.2 Å². The highest BCUT2D eigenvalue weighted by Gasteiger charge is 2.27. The topological polar surface area (TPSA) is 15.3 Å². The molecule has 0 aliphatic heterocycles. The van der Waals surface area contributed by atoms with Crippen molar-refractivity contribution in [3.63, 3.8) is 0 Å². The third-order valence-electron chi connectivity index (χ3n) is 2.81. The molecule has 0 saturated heterocycles. The van der Waals surface area contributed by atoms with Gasteiger partial charge in [0.2, 0.25) is 0 Å². The minimum atomic E-state index is 0.665. The van der Waals surface area contributed by atoms with Gasteiger partial charge in [-0.15, -0.1) is 0 Å². The summed E-state index contributed by atoms with van der Waals surface area (Å²) in [5.74, 6) is 0. The molecule has 1 aliphatic rings. The molecule has 0 bridgehead atoms. The molecule has 0 aromatic carbocycles. The van der Waals surface area contributed by atoms with E-state index in [-0.39, 0.29) is 0 Å². The Hall–Kier alpha value is -0.0800. The molecule has 1 N–H and O–H groups in total. The van der Waals surface area contributed by atoms with Crippen LogP contribution in [0.25, 0.3) is 0 Å². The van der Waals surface area contributed by atoms with Crippen LogP contribution in [0.4, 0.5) is 0 Å². The van der Waals surface area contributed by atoms with E-state index >= 15 is 0 Å². The second-order valence-corrected chi connectivity index (χ2v) is 3.84. The normalized spacial score (nSPS) is 20.0. The predicted octanol–water partition coefficient (Wildman–Crippen LogP) is 1.47. The fourth-order valence-corrected chi connectivity index (χ4v) is 1.54. The quantitative estimate of drug-likeness (QED) is 0.649. The van der Waals surface area contributed by atoms with Gasteiger partial charge in [-0.05, 0) is 46.3 Å². The summed E-state index contributed by atoms with van der Waals surface area (Å²) in [5.41, 5.74) is 0. The van der Waals surface area contributed by atoms with Crippen LogP contribution in [0.2, 0.25) is 0 Å². The van der Waals surface area contributed by atoms with Gasteiger partial charge < -0.3 is 10.2 Å². The number of nitrogens with one attached hydrogen (secondary N) is 1. The number of nitrogens with zero attached hydrogens (tertiary/aromatic N) is 1. The van der Waals surface area contributed by atoms with Crippen molar-refractivity contribution < 1.29 is 0 Å². The van der Waals surface area contributed by atoms with Gasteiger partial charge in [-0.1, -0.05) is 6.92 Å². The van der Waals surface area contributed by atoms with Crippen molar-refractivity contribution in [2.75, 3.05) is 20.1 Å². The Bertz CT molecular complexity index is 121. The van der Waals surface area contributed by atoms with Crippen LogP contribution in [0.3, 0.4) is 0 Å². The van der Waals surface area contributed by atoms with Crippen LogP contribution in [0.1, 0.15) is 33.1 Å². The van der Waals surface area contributed by atoms with E-state index in [1.165, 1.54) is 32.4 Å². The molecule has 2 heteroatoms. The molecule has 1 aliphatic carbocycles. The lowest BCUT2D eigenvalue weighted by atomic mass is 10.2. The zero-order chi connectivity index (χ0) is 8.97. The second-order valence-electron chi connectivity index (χ2n) is 3.84. The summed E-state index contributed by atoms with van der Waals surface area (Å²) >= 11 is 0. The van der Waals surface area contributed by atoms with Gasteiger partial charge in [0.05, 0.1) is 0 Å². The summed E-state index contributed by atoms with van der Waals surface area (Å²) in [4.78, 5) is 2.60. The lowest BCUT2D eigenvalue weighted by molar-refractivity contribution is 0.263. The second kappa shape index (κ2) is 4.83. The summed E-state index contributed by atoms with van der Waals surface area (Å²) in [5, 5.41) is 3.28. The van der Waals surface area contributed by atoms with Crippen LogP contribution in [-0.4, -0.2) is 37.1 Å². The van der Waals surface area contributed by atoms with E-state index in [2.05, 4.69) is 24.1 Å². The first kappa shape index (κ1) is 10.0. The summed E-state index contributed by atoms with van der Waals surface area (Å²) < 4.78 is 0. The largest absolute Gasteiger partial charge is 0.317 e. The first-order chi connectivity index (χ1) is 5.77. The van der Waals surface area contributed by atoms with Crippen molar-refractivity contribution in [2.24, 2.45) is 0 Å². The average Bonchev–Trinajstić information content (AvgIpc) is 2.89. The Morgan fingerprint density at radius 3 is 2.58 bits per heavy atom. The highest BCUT2D eigenvalue weighted by molar-refractivity contribution is 4.84. The molecular formula is C10H22N2. The molecular weight excluding hydrogens is 148 g/mol. The Kier molecular flexibility index (Phi) is 4.02. The summed E-state index contributed by atoms with van der Waals surface area (Å²) in [7, 11) is 2.04. The first-order valence-electron chi connectivity index (χ1n) is 5.19. The Morgan fingerprint density at radius 1 is 1.50 bits per heavy atom. The van der Waals surface area contributed by atoms with Crippen molar-refractivity contribution in [1.82, 2.24) is 10.2 Å². The van der Waals surface area contributed by atoms with Crippen LogP contribution >= 0.6 is 0 Å². The van der Waals surface area contributed by atoms with Gasteiger partial charge in [0.1, 0.15) is 0 Å². The SMILES string of the molecule is CCN(CCC(C)NC)C1CC1. The third kappa shape index (κ3) is 3.11. The van der Waals surface area contributed by atoms with Gasteiger partial charge >= 0.3 is 0 Å². The Balaban J connectivity index is 2.10. The maximum Gasteiger partial charge on any atom is 0.00963 e. The highest BCUT2D eigenvalue weighted by Crippen LogP contribution is 2.26. The van der Waals surface area contributed by atoms with E-state index in [9.17, 15) is 0 Å². The number of rotatable bonds is 6. The van der Waals surface area contributed by atoms with E-state index in [0.717, 1.165) is 6.04 Å². The Morgan fingerprint density at radius 2 is 2.17 bits per heavy atom. The van der Waals surface area contributed by atoms with E-state index in [0.29, 0.717) is 6.04 Å². The van der Waals surface area contributed by atoms with Crippen molar-refractivity contribution >= 4 is 0 Å². The van der Waals surface area contributed by atoms with Crippen molar-refractivity contribution in [3.05, 3.63) is 0 Å². The van der Waals surface area contributed by atoms with E-state index in [4.69, 9.17) is 0 Å². The summed E-state index contributed by atoms with van der Waals surface area (Å²) in [6, 6.07) is 1.59. The maximum atomic E-state index is 3.28. The van der Waals surface area contributed by atoms with Gasteiger partial charge in [0.25, 0.3) is 0 Å². The predicted molar refractivity (Wildman–Crippen MR) is 53.4 cm³/mol. The molecule has 0 heterocycles. The van der Waals surface area contributed by atoms with Crippen LogP contribution < -0.4 is 5.32 Å². The number of hydrogen-bond donors (Lipinski definition) is 1. The monoisotopic (exact) mass is 170 g/mol. The summed E-state index contributed by atoms with van der Waals surface area (Å²) in [6.07, 6.45) is 4.14. The molecule has 1 fully saturated rings.